The summed E-state index contributed by atoms with van der Waals surface area (Å²) in [7, 11) is 0. The van der Waals surface area contributed by atoms with Crippen molar-refractivity contribution >= 4 is 5.91 Å². The second-order valence-electron chi connectivity index (χ2n) is 2.74. The number of hydrogen-bond donors (Lipinski definition) is 1. The SMILES string of the molecule is C/C=C(/C)C1CNC(=O)C1. The minimum Gasteiger partial charge on any atom is -0.355 e. The van der Waals surface area contributed by atoms with Crippen LogP contribution in [-0.4, -0.2) is 12.5 Å². The number of hydrogen-bond acceptors (Lipinski definition) is 1. The van der Waals surface area contributed by atoms with Gasteiger partial charge in [0.05, 0.1) is 0 Å². The molecule has 0 spiro atoms. The van der Waals surface area contributed by atoms with E-state index in [0.29, 0.717) is 12.3 Å². The van der Waals surface area contributed by atoms with Crippen LogP contribution in [0, 0.1) is 5.92 Å². The molecule has 1 aliphatic rings. The number of amides is 1. The lowest BCUT2D eigenvalue weighted by atomic mass is 10.00. The molecule has 1 heterocycles. The maximum atomic E-state index is 10.7. The molecular formula is C8H13NO. The zero-order valence-electron chi connectivity index (χ0n) is 6.48. The molecule has 2 nitrogen and oxygen atoms in total. The molecule has 1 unspecified atom stereocenters. The van der Waals surface area contributed by atoms with Crippen molar-refractivity contribution in [2.75, 3.05) is 6.54 Å². The fourth-order valence-electron chi connectivity index (χ4n) is 1.16. The number of nitrogens with one attached hydrogen (secondary N) is 1. The minimum absolute atomic E-state index is 0.186. The van der Waals surface area contributed by atoms with E-state index in [1.54, 1.807) is 0 Å². The van der Waals surface area contributed by atoms with Gasteiger partial charge in [-0.05, 0) is 13.8 Å². The fourth-order valence-corrected chi connectivity index (χ4v) is 1.16. The van der Waals surface area contributed by atoms with E-state index >= 15 is 0 Å². The van der Waals surface area contributed by atoms with Gasteiger partial charge in [0.2, 0.25) is 5.91 Å². The summed E-state index contributed by atoms with van der Waals surface area (Å²) in [5.74, 6) is 0.642. The average Bonchev–Trinajstić information content (AvgIpc) is 2.34. The maximum Gasteiger partial charge on any atom is 0.220 e. The van der Waals surface area contributed by atoms with Crippen LogP contribution in [0.1, 0.15) is 20.3 Å². The summed E-state index contributed by atoms with van der Waals surface area (Å²) < 4.78 is 0. The van der Waals surface area contributed by atoms with Gasteiger partial charge in [-0.2, -0.15) is 0 Å². The van der Waals surface area contributed by atoms with Gasteiger partial charge in [0.1, 0.15) is 0 Å². The van der Waals surface area contributed by atoms with Crippen LogP contribution in [-0.2, 0) is 4.79 Å². The van der Waals surface area contributed by atoms with Crippen molar-refractivity contribution in [1.29, 1.82) is 0 Å². The molecule has 56 valence electrons. The van der Waals surface area contributed by atoms with Gasteiger partial charge in [0.15, 0.2) is 0 Å². The zero-order chi connectivity index (χ0) is 7.56. The van der Waals surface area contributed by atoms with E-state index in [9.17, 15) is 4.79 Å². The third-order valence-corrected chi connectivity index (χ3v) is 2.08. The normalized spacial score (nSPS) is 26.8. The van der Waals surface area contributed by atoms with Crippen LogP contribution in [0.3, 0.4) is 0 Å². The van der Waals surface area contributed by atoms with Crippen molar-refractivity contribution < 1.29 is 4.79 Å². The van der Waals surface area contributed by atoms with Crippen molar-refractivity contribution in [3.8, 4) is 0 Å². The summed E-state index contributed by atoms with van der Waals surface area (Å²) in [5, 5.41) is 2.81. The van der Waals surface area contributed by atoms with E-state index in [2.05, 4.69) is 18.3 Å². The summed E-state index contributed by atoms with van der Waals surface area (Å²) in [6.07, 6.45) is 2.75. The lowest BCUT2D eigenvalue weighted by Gasteiger charge is -2.04. The quantitative estimate of drug-likeness (QED) is 0.541. The van der Waals surface area contributed by atoms with Gasteiger partial charge in [-0.1, -0.05) is 11.6 Å². The molecule has 1 atom stereocenters. The molecular weight excluding hydrogens is 126 g/mol. The molecule has 0 aromatic rings. The molecule has 1 amide bonds. The van der Waals surface area contributed by atoms with E-state index in [0.717, 1.165) is 6.54 Å². The monoisotopic (exact) mass is 139 g/mol. The van der Waals surface area contributed by atoms with Crippen LogP contribution in [0.2, 0.25) is 0 Å². The largest absolute Gasteiger partial charge is 0.355 e. The number of rotatable bonds is 1. The molecule has 0 aromatic heterocycles. The highest BCUT2D eigenvalue weighted by atomic mass is 16.1. The summed E-state index contributed by atoms with van der Waals surface area (Å²) >= 11 is 0. The maximum absolute atomic E-state index is 10.7. The molecule has 1 rings (SSSR count). The van der Waals surface area contributed by atoms with E-state index in [1.807, 2.05) is 6.92 Å². The predicted octanol–water partition coefficient (Wildman–Crippen LogP) is 1.09. The Labute approximate surface area is 61.3 Å². The highest BCUT2D eigenvalue weighted by molar-refractivity contribution is 5.78. The van der Waals surface area contributed by atoms with E-state index in [-0.39, 0.29) is 5.91 Å². The molecule has 0 radical (unpaired) electrons. The van der Waals surface area contributed by atoms with Crippen molar-refractivity contribution in [2.45, 2.75) is 20.3 Å². The van der Waals surface area contributed by atoms with Crippen molar-refractivity contribution in [3.63, 3.8) is 0 Å². The second-order valence-corrected chi connectivity index (χ2v) is 2.74. The Morgan fingerprint density at radius 1 is 1.80 bits per heavy atom. The first-order valence-corrected chi connectivity index (χ1v) is 3.63. The number of carbonyl (C=O) groups is 1. The number of allylic oxidation sites excluding steroid dienone is 1. The first kappa shape index (κ1) is 7.32. The molecule has 0 saturated carbocycles. The first-order chi connectivity index (χ1) is 4.74. The fraction of sp³-hybridized carbons (Fsp3) is 0.625. The lowest BCUT2D eigenvalue weighted by Crippen LogP contribution is -2.14. The Kier molecular flexibility index (Phi) is 2.10. The van der Waals surface area contributed by atoms with Gasteiger partial charge in [-0.3, -0.25) is 4.79 Å². The standard InChI is InChI=1S/C8H13NO/c1-3-6(2)7-4-8(10)9-5-7/h3,7H,4-5H2,1-2H3,(H,9,10)/b6-3-. The highest BCUT2D eigenvalue weighted by Crippen LogP contribution is 2.17. The van der Waals surface area contributed by atoms with Gasteiger partial charge in [-0.15, -0.1) is 0 Å². The molecule has 1 saturated heterocycles. The minimum atomic E-state index is 0.186. The van der Waals surface area contributed by atoms with E-state index in [4.69, 9.17) is 0 Å². The first-order valence-electron chi connectivity index (χ1n) is 3.63. The van der Waals surface area contributed by atoms with Crippen molar-refractivity contribution in [3.05, 3.63) is 11.6 Å². The molecule has 1 N–H and O–H groups in total. The third-order valence-electron chi connectivity index (χ3n) is 2.08. The summed E-state index contributed by atoms with van der Waals surface area (Å²) in [6.45, 7) is 4.91. The van der Waals surface area contributed by atoms with E-state index < -0.39 is 0 Å². The van der Waals surface area contributed by atoms with Crippen LogP contribution >= 0.6 is 0 Å². The molecule has 10 heavy (non-hydrogen) atoms. The average molecular weight is 139 g/mol. The smallest absolute Gasteiger partial charge is 0.220 e. The Hall–Kier alpha value is -0.790. The molecule has 1 fully saturated rings. The Balaban J connectivity index is 2.52. The highest BCUT2D eigenvalue weighted by Gasteiger charge is 2.21. The summed E-state index contributed by atoms with van der Waals surface area (Å²) in [4.78, 5) is 10.7. The van der Waals surface area contributed by atoms with Crippen LogP contribution in [0.5, 0.6) is 0 Å². The Morgan fingerprint density at radius 2 is 2.50 bits per heavy atom. The zero-order valence-corrected chi connectivity index (χ0v) is 6.48. The lowest BCUT2D eigenvalue weighted by molar-refractivity contribution is -0.119. The topological polar surface area (TPSA) is 29.1 Å². The molecule has 0 aliphatic carbocycles. The summed E-state index contributed by atoms with van der Waals surface area (Å²) in [5.41, 5.74) is 1.32. The predicted molar refractivity (Wildman–Crippen MR) is 40.5 cm³/mol. The van der Waals surface area contributed by atoms with Crippen LogP contribution in [0.4, 0.5) is 0 Å². The van der Waals surface area contributed by atoms with Crippen LogP contribution in [0.15, 0.2) is 11.6 Å². The molecule has 0 bridgehead atoms. The van der Waals surface area contributed by atoms with Crippen molar-refractivity contribution in [2.24, 2.45) is 5.92 Å². The Morgan fingerprint density at radius 3 is 2.90 bits per heavy atom. The van der Waals surface area contributed by atoms with Gasteiger partial charge < -0.3 is 5.32 Å². The van der Waals surface area contributed by atoms with Gasteiger partial charge in [-0.25, -0.2) is 0 Å². The molecule has 0 aromatic carbocycles. The summed E-state index contributed by atoms with van der Waals surface area (Å²) in [6, 6.07) is 0. The third kappa shape index (κ3) is 1.38. The molecule has 2 heteroatoms. The number of carbonyl (C=O) groups excluding carboxylic acids is 1. The van der Waals surface area contributed by atoms with Gasteiger partial charge in [0, 0.05) is 18.9 Å². The van der Waals surface area contributed by atoms with E-state index in [1.165, 1.54) is 5.57 Å². The van der Waals surface area contributed by atoms with Crippen molar-refractivity contribution in [1.82, 2.24) is 5.32 Å². The Bertz CT molecular complexity index is 172. The van der Waals surface area contributed by atoms with Crippen LogP contribution in [0.25, 0.3) is 0 Å². The molecule has 1 aliphatic heterocycles. The van der Waals surface area contributed by atoms with Gasteiger partial charge in [0.25, 0.3) is 0 Å². The van der Waals surface area contributed by atoms with Crippen LogP contribution < -0.4 is 5.32 Å². The second kappa shape index (κ2) is 2.86. The van der Waals surface area contributed by atoms with Gasteiger partial charge >= 0.3 is 0 Å².